The average Bonchev–Trinajstić information content (AvgIpc) is 3.17. The molecule has 1 N–H and O–H groups in total. The number of carbonyl (C=O) groups is 3. The average molecular weight is 570 g/mol. The van der Waals surface area contributed by atoms with Gasteiger partial charge in [0.2, 0.25) is 0 Å². The van der Waals surface area contributed by atoms with Crippen molar-refractivity contribution in [3.63, 3.8) is 0 Å². The summed E-state index contributed by atoms with van der Waals surface area (Å²) in [5, 5.41) is 11.9. The maximum Gasteiger partial charge on any atom is 0.417 e. The fraction of sp³-hybridized carbons (Fsp3) is 0.379. The standard InChI is InChI=1S/C29H30F3N5O4/c1-19-24(27(39)37(26(19)38)22-10-9-20(18-33)25(17-22)29(30,31)32)8-3-4-11-35-12-14-36(15-13-35)28(40)34-21-6-5-7-23(16-21)41-2/h5-7,9-10,16-17H,3-4,8,11-15H2,1-2H3,(H,34,40). The zero-order valence-electron chi connectivity index (χ0n) is 22.8. The molecule has 41 heavy (non-hydrogen) atoms. The number of nitrogens with zero attached hydrogens (tertiary/aromatic N) is 4. The molecule has 2 aliphatic heterocycles. The highest BCUT2D eigenvalue weighted by molar-refractivity contribution is 6.32. The Bertz CT molecular complexity index is 1410. The van der Waals surface area contributed by atoms with Gasteiger partial charge in [-0.05, 0) is 63.1 Å². The van der Waals surface area contributed by atoms with E-state index in [1.54, 1.807) is 36.3 Å². The SMILES string of the molecule is COc1cccc(NC(=O)N2CCN(CCCCC3=C(C)C(=O)N(c4ccc(C#N)c(C(F)(F)F)c4)C3=O)CC2)c1. The highest BCUT2D eigenvalue weighted by Gasteiger charge is 2.39. The molecule has 2 aromatic rings. The van der Waals surface area contributed by atoms with Gasteiger partial charge in [-0.25, -0.2) is 9.69 Å². The molecule has 4 amide bonds. The largest absolute Gasteiger partial charge is 0.497 e. The van der Waals surface area contributed by atoms with Crippen LogP contribution in [0.4, 0.5) is 29.3 Å². The van der Waals surface area contributed by atoms with Crippen LogP contribution in [0.1, 0.15) is 37.3 Å². The molecule has 0 atom stereocenters. The summed E-state index contributed by atoms with van der Waals surface area (Å²) >= 11 is 0. The monoisotopic (exact) mass is 569 g/mol. The smallest absolute Gasteiger partial charge is 0.417 e. The van der Waals surface area contributed by atoms with Gasteiger partial charge in [0.15, 0.2) is 0 Å². The number of nitrogens with one attached hydrogen (secondary N) is 1. The Hall–Kier alpha value is -4.37. The van der Waals surface area contributed by atoms with Crippen molar-refractivity contribution in [2.24, 2.45) is 0 Å². The second-order valence-electron chi connectivity index (χ2n) is 9.84. The van der Waals surface area contributed by atoms with Crippen molar-refractivity contribution in [3.05, 3.63) is 64.7 Å². The summed E-state index contributed by atoms with van der Waals surface area (Å²) < 4.78 is 45.4. The van der Waals surface area contributed by atoms with Gasteiger partial charge < -0.3 is 15.0 Å². The molecule has 0 aromatic heterocycles. The quantitative estimate of drug-likeness (QED) is 0.362. The molecule has 2 heterocycles. The number of piperazine rings is 1. The maximum atomic E-state index is 13.4. The van der Waals surface area contributed by atoms with E-state index in [2.05, 4.69) is 10.2 Å². The number of amides is 4. The Labute approximate surface area is 235 Å². The predicted octanol–water partition coefficient (Wildman–Crippen LogP) is 4.80. The molecular weight excluding hydrogens is 539 g/mol. The van der Waals surface area contributed by atoms with E-state index >= 15 is 0 Å². The van der Waals surface area contributed by atoms with Crippen LogP contribution in [-0.2, 0) is 15.8 Å². The first-order valence-corrected chi connectivity index (χ1v) is 13.2. The molecule has 2 aromatic carbocycles. The fourth-order valence-electron chi connectivity index (χ4n) is 4.93. The number of benzene rings is 2. The van der Waals surface area contributed by atoms with E-state index in [-0.39, 0.29) is 22.9 Å². The second-order valence-corrected chi connectivity index (χ2v) is 9.84. The van der Waals surface area contributed by atoms with Crippen LogP contribution in [0.3, 0.4) is 0 Å². The minimum atomic E-state index is -4.80. The van der Waals surface area contributed by atoms with Crippen LogP contribution in [-0.4, -0.2) is 67.5 Å². The summed E-state index contributed by atoms with van der Waals surface area (Å²) in [6.07, 6.45) is -3.14. The lowest BCUT2D eigenvalue weighted by atomic mass is 10.0. The molecule has 0 aliphatic carbocycles. The van der Waals surface area contributed by atoms with Gasteiger partial charge in [-0.2, -0.15) is 18.4 Å². The molecule has 0 unspecified atom stereocenters. The van der Waals surface area contributed by atoms with E-state index in [0.29, 0.717) is 56.5 Å². The number of hydrogen-bond acceptors (Lipinski definition) is 6. The summed E-state index contributed by atoms with van der Waals surface area (Å²) in [5.74, 6) is -0.646. The number of ether oxygens (including phenoxy) is 1. The van der Waals surface area contributed by atoms with Gasteiger partial charge in [0.1, 0.15) is 5.75 Å². The van der Waals surface area contributed by atoms with Gasteiger partial charge in [-0.1, -0.05) is 6.07 Å². The van der Waals surface area contributed by atoms with Crippen LogP contribution >= 0.6 is 0 Å². The number of carbonyl (C=O) groups excluding carboxylic acids is 3. The molecule has 9 nitrogen and oxygen atoms in total. The van der Waals surface area contributed by atoms with Gasteiger partial charge >= 0.3 is 12.2 Å². The summed E-state index contributed by atoms with van der Waals surface area (Å²) in [7, 11) is 1.56. The zero-order valence-corrected chi connectivity index (χ0v) is 22.8. The van der Waals surface area contributed by atoms with Gasteiger partial charge in [0.05, 0.1) is 30.0 Å². The van der Waals surface area contributed by atoms with E-state index in [4.69, 9.17) is 10.00 Å². The van der Waals surface area contributed by atoms with E-state index in [0.717, 1.165) is 23.9 Å². The minimum Gasteiger partial charge on any atom is -0.497 e. The molecule has 1 fully saturated rings. The Morgan fingerprint density at radius 2 is 1.78 bits per heavy atom. The third-order valence-electron chi connectivity index (χ3n) is 7.26. The van der Waals surface area contributed by atoms with Crippen LogP contribution in [0.2, 0.25) is 0 Å². The summed E-state index contributed by atoms with van der Waals surface area (Å²) in [5.41, 5.74) is -0.838. The molecular formula is C29H30F3N5O4. The summed E-state index contributed by atoms with van der Waals surface area (Å²) in [6, 6.07) is 11.3. The Balaban J connectivity index is 1.25. The number of methoxy groups -OCH3 is 1. The van der Waals surface area contributed by atoms with Gasteiger partial charge in [-0.15, -0.1) is 0 Å². The van der Waals surface area contributed by atoms with Crippen molar-refractivity contribution in [2.75, 3.05) is 50.1 Å². The molecule has 0 saturated carbocycles. The van der Waals surface area contributed by atoms with Crippen LogP contribution in [0.5, 0.6) is 5.75 Å². The van der Waals surface area contributed by atoms with E-state index in [9.17, 15) is 27.6 Å². The first kappa shape index (κ1) is 29.6. The highest BCUT2D eigenvalue weighted by atomic mass is 19.4. The molecule has 0 spiro atoms. The molecule has 1 saturated heterocycles. The molecule has 0 radical (unpaired) electrons. The molecule has 12 heteroatoms. The van der Waals surface area contributed by atoms with Crippen molar-refractivity contribution >= 4 is 29.2 Å². The summed E-state index contributed by atoms with van der Waals surface area (Å²) in [6.45, 7) is 4.75. The van der Waals surface area contributed by atoms with Crippen LogP contribution in [0.25, 0.3) is 0 Å². The van der Waals surface area contributed by atoms with Gasteiger partial charge in [0, 0.05) is 49.1 Å². The highest BCUT2D eigenvalue weighted by Crippen LogP contribution is 2.37. The normalized spacial score (nSPS) is 16.3. The lowest BCUT2D eigenvalue weighted by Crippen LogP contribution is -2.50. The third kappa shape index (κ3) is 6.69. The number of halogens is 3. The molecule has 216 valence electrons. The molecule has 0 bridgehead atoms. The predicted molar refractivity (Wildman–Crippen MR) is 145 cm³/mol. The number of imide groups is 1. The van der Waals surface area contributed by atoms with Crippen molar-refractivity contribution in [2.45, 2.75) is 32.4 Å². The van der Waals surface area contributed by atoms with Crippen molar-refractivity contribution < 1.29 is 32.3 Å². The lowest BCUT2D eigenvalue weighted by Gasteiger charge is -2.34. The minimum absolute atomic E-state index is 0.182. The number of unbranched alkanes of at least 4 members (excludes halogenated alkanes) is 1. The second kappa shape index (κ2) is 12.4. The number of urea groups is 1. The number of hydrogen-bond donors (Lipinski definition) is 1. The van der Waals surface area contributed by atoms with Gasteiger partial charge in [0.25, 0.3) is 11.8 Å². The van der Waals surface area contributed by atoms with Crippen molar-refractivity contribution in [1.82, 2.24) is 9.80 Å². The topological polar surface area (TPSA) is 106 Å². The first-order valence-electron chi connectivity index (χ1n) is 13.2. The van der Waals surface area contributed by atoms with Crippen LogP contribution in [0, 0.1) is 11.3 Å². The van der Waals surface area contributed by atoms with Crippen LogP contribution < -0.4 is 15.0 Å². The van der Waals surface area contributed by atoms with Crippen molar-refractivity contribution in [1.29, 1.82) is 5.26 Å². The Kier molecular flexibility index (Phi) is 8.98. The fourth-order valence-corrected chi connectivity index (χ4v) is 4.93. The summed E-state index contributed by atoms with van der Waals surface area (Å²) in [4.78, 5) is 43.2. The number of anilines is 2. The number of nitriles is 1. The number of alkyl halides is 3. The number of rotatable bonds is 8. The van der Waals surface area contributed by atoms with Gasteiger partial charge in [-0.3, -0.25) is 14.5 Å². The Morgan fingerprint density at radius 1 is 1.05 bits per heavy atom. The van der Waals surface area contributed by atoms with E-state index in [1.807, 2.05) is 0 Å². The van der Waals surface area contributed by atoms with E-state index < -0.39 is 29.1 Å². The maximum absolute atomic E-state index is 13.4. The Morgan fingerprint density at radius 3 is 2.44 bits per heavy atom. The zero-order chi connectivity index (χ0) is 29.7. The third-order valence-corrected chi connectivity index (χ3v) is 7.26. The van der Waals surface area contributed by atoms with Crippen molar-refractivity contribution in [3.8, 4) is 11.8 Å². The lowest BCUT2D eigenvalue weighted by molar-refractivity contribution is -0.138. The van der Waals surface area contributed by atoms with Crippen LogP contribution in [0.15, 0.2) is 53.6 Å². The molecule has 2 aliphatic rings. The van der Waals surface area contributed by atoms with E-state index in [1.165, 1.54) is 19.1 Å². The molecule has 4 rings (SSSR count). The first-order chi connectivity index (χ1) is 19.5.